The Morgan fingerprint density at radius 2 is 1.88 bits per heavy atom. The van der Waals surface area contributed by atoms with Gasteiger partial charge >= 0.3 is 0 Å². The highest BCUT2D eigenvalue weighted by atomic mass is 28.3. The van der Waals surface area contributed by atoms with Crippen molar-refractivity contribution in [3.8, 4) is 0 Å². The van der Waals surface area contributed by atoms with Crippen LogP contribution in [0.3, 0.4) is 0 Å². The predicted molar refractivity (Wildman–Crippen MR) is 76.6 cm³/mol. The summed E-state index contributed by atoms with van der Waals surface area (Å²) in [5, 5.41) is 1.23. The third kappa shape index (κ3) is 4.70. The molecule has 0 aliphatic carbocycles. The highest BCUT2D eigenvalue weighted by Crippen LogP contribution is 2.40. The molecule has 0 aromatic carbocycles. The van der Waals surface area contributed by atoms with Gasteiger partial charge in [-0.3, -0.25) is 0 Å². The van der Waals surface area contributed by atoms with Crippen molar-refractivity contribution in [2.75, 3.05) is 6.61 Å². The highest BCUT2D eigenvalue weighted by Gasteiger charge is 2.41. The number of rotatable bonds is 5. The number of allylic oxidation sites excluding steroid dienone is 1. The summed E-state index contributed by atoms with van der Waals surface area (Å²) in [5.74, 6) is 0. The van der Waals surface area contributed by atoms with E-state index in [2.05, 4.69) is 39.6 Å². The minimum atomic E-state index is -1.68. The van der Waals surface area contributed by atoms with Crippen molar-refractivity contribution in [3.63, 3.8) is 0 Å². The molecule has 0 spiro atoms. The van der Waals surface area contributed by atoms with Crippen LogP contribution < -0.4 is 0 Å². The van der Waals surface area contributed by atoms with Gasteiger partial charge in [-0.1, -0.05) is 39.6 Å². The summed E-state index contributed by atoms with van der Waals surface area (Å²) in [7, 11) is -1.68. The standard InChI is InChI=1S/C14H28O2Si/c1-9-11-13(16-12(3)15-10-2)17(7,8)14(4,5)6/h9,12H,10H2,1-8H3. The average molecular weight is 256 g/mol. The zero-order valence-electron chi connectivity index (χ0n) is 12.7. The second-order valence-electron chi connectivity index (χ2n) is 5.78. The Balaban J connectivity index is 5.08. The maximum absolute atomic E-state index is 5.94. The first-order chi connectivity index (χ1) is 7.66. The van der Waals surface area contributed by atoms with Crippen LogP contribution in [0.2, 0.25) is 18.1 Å². The topological polar surface area (TPSA) is 18.5 Å². The van der Waals surface area contributed by atoms with Gasteiger partial charge < -0.3 is 9.47 Å². The van der Waals surface area contributed by atoms with E-state index < -0.39 is 8.07 Å². The van der Waals surface area contributed by atoms with E-state index in [0.717, 1.165) is 5.38 Å². The predicted octanol–water partition coefficient (Wildman–Crippen LogP) is 4.49. The largest absolute Gasteiger partial charge is 0.467 e. The monoisotopic (exact) mass is 256 g/mol. The summed E-state index contributed by atoms with van der Waals surface area (Å²) in [5.41, 5.74) is 3.27. The molecule has 0 saturated heterocycles. The van der Waals surface area contributed by atoms with Crippen molar-refractivity contribution in [3.05, 3.63) is 17.2 Å². The van der Waals surface area contributed by atoms with Gasteiger partial charge in [0.25, 0.3) is 0 Å². The van der Waals surface area contributed by atoms with Crippen molar-refractivity contribution < 1.29 is 9.47 Å². The van der Waals surface area contributed by atoms with Crippen molar-refractivity contribution >= 4 is 8.07 Å². The van der Waals surface area contributed by atoms with Crippen molar-refractivity contribution in [1.82, 2.24) is 0 Å². The molecule has 100 valence electrons. The molecule has 17 heavy (non-hydrogen) atoms. The lowest BCUT2D eigenvalue weighted by Gasteiger charge is -2.37. The minimum Gasteiger partial charge on any atom is -0.467 e. The third-order valence-corrected chi connectivity index (χ3v) is 8.55. The van der Waals surface area contributed by atoms with Crippen molar-refractivity contribution in [2.24, 2.45) is 0 Å². The molecule has 0 bridgehead atoms. The Labute approximate surface area is 108 Å². The summed E-state index contributed by atoms with van der Waals surface area (Å²) in [4.78, 5) is 0. The van der Waals surface area contributed by atoms with Crippen molar-refractivity contribution in [1.29, 1.82) is 0 Å². The van der Waals surface area contributed by atoms with E-state index in [1.54, 1.807) is 0 Å². The van der Waals surface area contributed by atoms with Crippen LogP contribution in [0.15, 0.2) is 17.2 Å². The van der Waals surface area contributed by atoms with E-state index in [9.17, 15) is 0 Å². The Morgan fingerprint density at radius 1 is 1.35 bits per heavy atom. The van der Waals surface area contributed by atoms with Crippen LogP contribution in [0, 0.1) is 0 Å². The van der Waals surface area contributed by atoms with E-state index in [4.69, 9.17) is 9.47 Å². The third-order valence-electron chi connectivity index (χ3n) is 3.40. The van der Waals surface area contributed by atoms with Gasteiger partial charge in [0.1, 0.15) is 13.5 Å². The maximum Gasteiger partial charge on any atom is 0.196 e. The van der Waals surface area contributed by atoms with Crippen LogP contribution in [-0.4, -0.2) is 21.0 Å². The van der Waals surface area contributed by atoms with Crippen LogP contribution in [-0.2, 0) is 9.47 Å². The van der Waals surface area contributed by atoms with Crippen LogP contribution in [0.1, 0.15) is 41.5 Å². The van der Waals surface area contributed by atoms with Gasteiger partial charge in [-0.05, 0) is 31.9 Å². The smallest absolute Gasteiger partial charge is 0.196 e. The summed E-state index contributed by atoms with van der Waals surface area (Å²) < 4.78 is 11.4. The molecule has 1 atom stereocenters. The lowest BCUT2D eigenvalue weighted by atomic mass is 10.2. The fourth-order valence-corrected chi connectivity index (χ4v) is 2.92. The first kappa shape index (κ1) is 16.5. The van der Waals surface area contributed by atoms with Crippen LogP contribution in [0.5, 0.6) is 0 Å². The summed E-state index contributed by atoms with van der Waals surface area (Å²) >= 11 is 0. The van der Waals surface area contributed by atoms with Crippen LogP contribution >= 0.6 is 0 Å². The molecule has 0 N–H and O–H groups in total. The van der Waals surface area contributed by atoms with Gasteiger partial charge in [-0.15, -0.1) is 0 Å². The molecule has 0 aliphatic rings. The fraction of sp³-hybridized carbons (Fsp3) is 0.786. The Kier molecular flexibility index (Phi) is 6.24. The lowest BCUT2D eigenvalue weighted by molar-refractivity contribution is -0.0935. The first-order valence-corrected chi connectivity index (χ1v) is 9.36. The summed E-state index contributed by atoms with van der Waals surface area (Å²) in [6.07, 6.45) is 1.73. The Hall–Kier alpha value is -0.503. The molecule has 0 saturated carbocycles. The number of hydrogen-bond acceptors (Lipinski definition) is 2. The maximum atomic E-state index is 5.94. The van der Waals surface area contributed by atoms with E-state index in [-0.39, 0.29) is 11.3 Å². The van der Waals surface area contributed by atoms with Gasteiger partial charge in [0.2, 0.25) is 0 Å². The molecule has 2 nitrogen and oxygen atoms in total. The first-order valence-electron chi connectivity index (χ1n) is 6.36. The van der Waals surface area contributed by atoms with Gasteiger partial charge in [0, 0.05) is 6.61 Å². The van der Waals surface area contributed by atoms with E-state index in [0.29, 0.717) is 6.61 Å². The Morgan fingerprint density at radius 3 is 2.24 bits per heavy atom. The fourth-order valence-electron chi connectivity index (χ4n) is 1.27. The van der Waals surface area contributed by atoms with Gasteiger partial charge in [-0.2, -0.15) is 0 Å². The van der Waals surface area contributed by atoms with E-state index in [1.807, 2.05) is 26.8 Å². The summed E-state index contributed by atoms with van der Waals surface area (Å²) in [6, 6.07) is 0. The zero-order chi connectivity index (χ0) is 13.7. The molecule has 0 aromatic rings. The minimum absolute atomic E-state index is 0.198. The molecule has 0 fully saturated rings. The van der Waals surface area contributed by atoms with E-state index >= 15 is 0 Å². The molecule has 0 radical (unpaired) electrons. The quantitative estimate of drug-likeness (QED) is 0.312. The van der Waals surface area contributed by atoms with Gasteiger partial charge in [0.05, 0.1) is 0 Å². The van der Waals surface area contributed by atoms with E-state index in [1.165, 1.54) is 0 Å². The summed E-state index contributed by atoms with van der Waals surface area (Å²) in [6.45, 7) is 18.0. The van der Waals surface area contributed by atoms with Gasteiger partial charge in [-0.25, -0.2) is 0 Å². The zero-order valence-corrected chi connectivity index (χ0v) is 13.7. The highest BCUT2D eigenvalue weighted by molar-refractivity contribution is 6.86. The molecular formula is C14H28O2Si. The molecule has 0 aromatic heterocycles. The second-order valence-corrected chi connectivity index (χ2v) is 11.0. The Bertz CT molecular complexity index is 294. The second kappa shape index (κ2) is 6.44. The molecule has 0 rings (SSSR count). The average Bonchev–Trinajstić information content (AvgIpc) is 2.15. The molecule has 0 heterocycles. The lowest BCUT2D eigenvalue weighted by Crippen LogP contribution is -2.41. The van der Waals surface area contributed by atoms with Crippen molar-refractivity contribution in [2.45, 2.75) is 66.0 Å². The molecule has 0 aliphatic heterocycles. The molecule has 3 heteroatoms. The normalized spacial score (nSPS) is 13.9. The van der Waals surface area contributed by atoms with Gasteiger partial charge in [0.15, 0.2) is 6.29 Å². The number of hydrogen-bond donors (Lipinski definition) is 0. The van der Waals surface area contributed by atoms with Crippen LogP contribution in [0.4, 0.5) is 0 Å². The molecular weight excluding hydrogens is 228 g/mol. The SMILES string of the molecule is CC=C=C(OC(C)OCC)[Si](C)(C)C(C)(C)C. The van der Waals surface area contributed by atoms with Crippen LogP contribution in [0.25, 0.3) is 0 Å². The molecule has 1 unspecified atom stereocenters. The number of ether oxygens (including phenoxy) is 2. The molecule has 0 amide bonds.